The lowest BCUT2D eigenvalue weighted by Crippen LogP contribution is -2.38. The highest BCUT2D eigenvalue weighted by molar-refractivity contribution is 7.91. The molecular weight excluding hydrogens is 523 g/mol. The smallest absolute Gasteiger partial charge is 0.394 e. The summed E-state index contributed by atoms with van der Waals surface area (Å²) in [5, 5.41) is 12.6. The van der Waals surface area contributed by atoms with Crippen LogP contribution in [0.25, 0.3) is 11.0 Å². The van der Waals surface area contributed by atoms with Crippen LogP contribution in [-0.4, -0.2) is 60.2 Å². The van der Waals surface area contributed by atoms with Gasteiger partial charge >= 0.3 is 6.18 Å². The molecule has 0 saturated carbocycles. The fourth-order valence-electron chi connectivity index (χ4n) is 4.61. The number of aliphatic hydroxyl groups is 1. The lowest BCUT2D eigenvalue weighted by molar-refractivity contribution is -0.235. The summed E-state index contributed by atoms with van der Waals surface area (Å²) in [4.78, 5) is 17.7. The minimum absolute atomic E-state index is 0.00887. The standard InChI is InChI=1S/C26H30F3N3O5S/c1-3-38(35,36)19-8-5-17(6-9-19)21(14-33)31-25(34)18-7-10-22-20(13-18)30-24(32(22)2)12-16-4-11-23(37-15-16)26(27,28)29/h5-10,13,16,21,23,33H,3-4,11-12,14-15H2,1-2H3,(H,31,34)/t16-,21-,23-/m0/s1. The predicted molar refractivity (Wildman–Crippen MR) is 134 cm³/mol. The van der Waals surface area contributed by atoms with Crippen LogP contribution in [0.15, 0.2) is 47.4 Å². The van der Waals surface area contributed by atoms with Gasteiger partial charge < -0.3 is 19.7 Å². The third-order valence-corrected chi connectivity index (χ3v) is 8.70. The number of aliphatic hydroxyl groups excluding tert-OH is 1. The van der Waals surface area contributed by atoms with Crippen molar-refractivity contribution < 1.29 is 36.2 Å². The van der Waals surface area contributed by atoms with Crippen LogP contribution in [0.2, 0.25) is 0 Å². The van der Waals surface area contributed by atoms with E-state index in [0.717, 1.165) is 5.52 Å². The van der Waals surface area contributed by atoms with Crippen molar-refractivity contribution in [3.8, 4) is 0 Å². The first-order valence-corrected chi connectivity index (χ1v) is 14.0. The topological polar surface area (TPSA) is 111 Å². The number of hydrogen-bond acceptors (Lipinski definition) is 6. The van der Waals surface area contributed by atoms with E-state index in [1.54, 1.807) is 37.3 Å². The summed E-state index contributed by atoms with van der Waals surface area (Å²) >= 11 is 0. The van der Waals surface area contributed by atoms with Gasteiger partial charge in [0, 0.05) is 19.0 Å². The number of alkyl halides is 3. The molecule has 1 aliphatic rings. The molecule has 0 unspecified atom stereocenters. The van der Waals surface area contributed by atoms with Gasteiger partial charge in [-0.05, 0) is 54.7 Å². The molecule has 3 aromatic rings. The number of imidazole rings is 1. The van der Waals surface area contributed by atoms with E-state index in [9.17, 15) is 31.5 Å². The van der Waals surface area contributed by atoms with Crippen molar-refractivity contribution in [3.63, 3.8) is 0 Å². The number of nitrogens with zero attached hydrogens (tertiary/aromatic N) is 2. The number of amides is 1. The highest BCUT2D eigenvalue weighted by Crippen LogP contribution is 2.33. The molecule has 2 aromatic carbocycles. The van der Waals surface area contributed by atoms with Crippen LogP contribution in [0.4, 0.5) is 13.2 Å². The van der Waals surface area contributed by atoms with E-state index in [0.29, 0.717) is 35.3 Å². The minimum atomic E-state index is -4.35. The van der Waals surface area contributed by atoms with Gasteiger partial charge in [-0.1, -0.05) is 19.1 Å². The number of carbonyl (C=O) groups excluding carboxylic acids is 1. The normalized spacial score (nSPS) is 19.4. The Bertz CT molecular complexity index is 1400. The molecule has 2 heterocycles. The molecule has 0 radical (unpaired) electrons. The Balaban J connectivity index is 1.45. The number of rotatable bonds is 8. The zero-order valence-corrected chi connectivity index (χ0v) is 21.8. The number of carbonyl (C=O) groups is 1. The van der Waals surface area contributed by atoms with E-state index in [1.807, 2.05) is 11.6 Å². The molecule has 38 heavy (non-hydrogen) atoms. The van der Waals surface area contributed by atoms with Crippen molar-refractivity contribution >= 4 is 26.8 Å². The Hall–Kier alpha value is -2.96. The summed E-state index contributed by atoms with van der Waals surface area (Å²) < 4.78 is 69.6. The second-order valence-electron chi connectivity index (χ2n) is 9.48. The number of hydrogen-bond donors (Lipinski definition) is 2. The van der Waals surface area contributed by atoms with Gasteiger partial charge in [-0.15, -0.1) is 0 Å². The Morgan fingerprint density at radius 1 is 1.21 bits per heavy atom. The van der Waals surface area contributed by atoms with Crippen molar-refractivity contribution in [1.82, 2.24) is 14.9 Å². The quantitative estimate of drug-likeness (QED) is 0.440. The van der Waals surface area contributed by atoms with Gasteiger partial charge in [0.1, 0.15) is 5.82 Å². The summed E-state index contributed by atoms with van der Waals surface area (Å²) in [6.07, 6.45) is -5.31. The summed E-state index contributed by atoms with van der Waals surface area (Å²) in [7, 11) is -1.55. The second kappa shape index (κ2) is 11.0. The van der Waals surface area contributed by atoms with Crippen LogP contribution in [0, 0.1) is 5.92 Å². The molecule has 3 atom stereocenters. The first-order valence-electron chi connectivity index (χ1n) is 12.3. The number of ether oxygens (including phenoxy) is 1. The van der Waals surface area contributed by atoms with Crippen LogP contribution >= 0.6 is 0 Å². The molecule has 0 spiro atoms. The molecule has 1 amide bonds. The van der Waals surface area contributed by atoms with Gasteiger partial charge in [0.05, 0.1) is 40.9 Å². The number of benzene rings is 2. The van der Waals surface area contributed by atoms with E-state index in [-0.39, 0.29) is 36.2 Å². The first-order chi connectivity index (χ1) is 17.9. The Kier molecular flexibility index (Phi) is 8.15. The van der Waals surface area contributed by atoms with Crippen molar-refractivity contribution in [1.29, 1.82) is 0 Å². The molecular formula is C26H30F3N3O5S. The van der Waals surface area contributed by atoms with Crippen LogP contribution < -0.4 is 5.32 Å². The van der Waals surface area contributed by atoms with Crippen LogP contribution in [0.3, 0.4) is 0 Å². The van der Waals surface area contributed by atoms with Crippen LogP contribution in [-0.2, 0) is 28.0 Å². The van der Waals surface area contributed by atoms with Crippen molar-refractivity contribution in [2.24, 2.45) is 13.0 Å². The fraction of sp³-hybridized carbons (Fsp3) is 0.462. The summed E-state index contributed by atoms with van der Waals surface area (Å²) in [6, 6.07) is 10.3. The number of aromatic nitrogens is 2. The third-order valence-electron chi connectivity index (χ3n) is 6.95. The zero-order chi connectivity index (χ0) is 27.7. The third kappa shape index (κ3) is 6.02. The molecule has 2 N–H and O–H groups in total. The number of nitrogens with one attached hydrogen (secondary N) is 1. The Morgan fingerprint density at radius 3 is 2.50 bits per heavy atom. The van der Waals surface area contributed by atoms with Crippen LogP contribution in [0.1, 0.15) is 47.6 Å². The zero-order valence-electron chi connectivity index (χ0n) is 21.0. The molecule has 4 rings (SSSR count). The minimum Gasteiger partial charge on any atom is -0.394 e. The average molecular weight is 554 g/mol. The second-order valence-corrected chi connectivity index (χ2v) is 11.8. The van der Waals surface area contributed by atoms with Gasteiger partial charge in [0.15, 0.2) is 15.9 Å². The Labute approximate surface area is 218 Å². The van der Waals surface area contributed by atoms with Gasteiger partial charge in [0.2, 0.25) is 0 Å². The molecule has 8 nitrogen and oxygen atoms in total. The number of sulfone groups is 1. The molecule has 206 valence electrons. The summed E-state index contributed by atoms with van der Waals surface area (Å²) in [5.74, 6) is 0.127. The molecule has 1 fully saturated rings. The molecule has 1 aliphatic heterocycles. The van der Waals surface area contributed by atoms with E-state index in [4.69, 9.17) is 4.74 Å². The van der Waals surface area contributed by atoms with E-state index in [2.05, 4.69) is 10.3 Å². The van der Waals surface area contributed by atoms with E-state index >= 15 is 0 Å². The van der Waals surface area contributed by atoms with Gasteiger partial charge in [0.25, 0.3) is 5.91 Å². The van der Waals surface area contributed by atoms with Crippen molar-refractivity contribution in [2.75, 3.05) is 19.0 Å². The fourth-order valence-corrected chi connectivity index (χ4v) is 5.49. The maximum atomic E-state index is 13.0. The van der Waals surface area contributed by atoms with Crippen molar-refractivity contribution in [2.45, 2.75) is 49.4 Å². The monoisotopic (exact) mass is 553 g/mol. The Morgan fingerprint density at radius 2 is 1.92 bits per heavy atom. The van der Waals surface area contributed by atoms with Gasteiger partial charge in [-0.3, -0.25) is 4.79 Å². The SMILES string of the molecule is CCS(=O)(=O)c1ccc([C@H](CO)NC(=O)c2ccc3c(c2)nc(C[C@@H]2CC[C@@H](C(F)(F)F)OC2)n3C)cc1. The maximum absolute atomic E-state index is 13.0. The molecule has 0 aliphatic carbocycles. The predicted octanol–water partition coefficient (Wildman–Crippen LogP) is 3.73. The van der Waals surface area contributed by atoms with Gasteiger partial charge in [-0.2, -0.15) is 13.2 Å². The molecule has 1 saturated heterocycles. The lowest BCUT2D eigenvalue weighted by atomic mass is 9.95. The number of aryl methyl sites for hydroxylation is 1. The summed E-state index contributed by atoms with van der Waals surface area (Å²) in [5.41, 5.74) is 2.21. The largest absolute Gasteiger partial charge is 0.414 e. The van der Waals surface area contributed by atoms with Crippen LogP contribution in [0.5, 0.6) is 0 Å². The van der Waals surface area contributed by atoms with E-state index < -0.39 is 34.1 Å². The highest BCUT2D eigenvalue weighted by Gasteiger charge is 2.43. The molecule has 12 heteroatoms. The highest BCUT2D eigenvalue weighted by atomic mass is 32.2. The average Bonchev–Trinajstić information content (AvgIpc) is 3.21. The van der Waals surface area contributed by atoms with Gasteiger partial charge in [-0.25, -0.2) is 13.4 Å². The number of halogens is 3. The van der Waals surface area contributed by atoms with Crippen molar-refractivity contribution in [3.05, 3.63) is 59.4 Å². The molecule has 0 bridgehead atoms. The van der Waals surface area contributed by atoms with E-state index in [1.165, 1.54) is 12.1 Å². The molecule has 1 aromatic heterocycles. The lowest BCUT2D eigenvalue weighted by Gasteiger charge is -2.30. The maximum Gasteiger partial charge on any atom is 0.414 e. The first kappa shape index (κ1) is 28.1. The number of fused-ring (bicyclic) bond motifs is 1. The summed E-state index contributed by atoms with van der Waals surface area (Å²) in [6.45, 7) is 1.17.